The van der Waals surface area contributed by atoms with E-state index in [1.54, 1.807) is 36.1 Å². The molecule has 1 unspecified atom stereocenters. The van der Waals surface area contributed by atoms with Crippen LogP contribution < -0.4 is 15.0 Å². The zero-order chi connectivity index (χ0) is 16.8. The topological polar surface area (TPSA) is 84.9 Å². The summed E-state index contributed by atoms with van der Waals surface area (Å²) >= 11 is 0. The highest BCUT2D eigenvalue weighted by molar-refractivity contribution is 6.32. The fourth-order valence-electron chi connectivity index (χ4n) is 2.38. The minimum atomic E-state index is -0.931. The van der Waals surface area contributed by atoms with Gasteiger partial charge in [-0.05, 0) is 38.1 Å². The lowest BCUT2D eigenvalue weighted by Gasteiger charge is -2.17. The number of rotatable bonds is 5. The van der Waals surface area contributed by atoms with Crippen molar-refractivity contribution in [2.24, 2.45) is 0 Å². The van der Waals surface area contributed by atoms with Gasteiger partial charge in [-0.1, -0.05) is 0 Å². The van der Waals surface area contributed by atoms with E-state index in [9.17, 15) is 14.4 Å². The van der Waals surface area contributed by atoms with E-state index in [-0.39, 0.29) is 18.9 Å². The molecule has 1 aromatic carbocycles. The van der Waals surface area contributed by atoms with Gasteiger partial charge in [-0.25, -0.2) is 4.79 Å². The molecule has 1 aromatic rings. The monoisotopic (exact) mass is 320 g/mol. The van der Waals surface area contributed by atoms with Gasteiger partial charge in [0.2, 0.25) is 5.91 Å². The molecule has 0 aromatic heterocycles. The molecular formula is C16H20N2O5. The van der Waals surface area contributed by atoms with Crippen molar-refractivity contribution in [2.45, 2.75) is 26.3 Å². The van der Waals surface area contributed by atoms with Crippen molar-refractivity contribution in [3.05, 3.63) is 24.3 Å². The molecule has 0 radical (unpaired) electrons. The molecule has 7 nitrogen and oxygen atoms in total. The standard InChI is InChI=1S/C16H20N2O5/c1-3-22-13-7-5-12(6-8-13)18-10-11(9-14(18)19)17-15(20)16(21)23-4-2/h5-8,11H,3-4,9-10H2,1-2H3,(H,17,20). The third kappa shape index (κ3) is 4.21. The van der Waals surface area contributed by atoms with Crippen LogP contribution in [0.1, 0.15) is 20.3 Å². The minimum Gasteiger partial charge on any atom is -0.494 e. The van der Waals surface area contributed by atoms with Gasteiger partial charge >= 0.3 is 11.9 Å². The van der Waals surface area contributed by atoms with Gasteiger partial charge in [0.1, 0.15) is 5.75 Å². The first-order chi connectivity index (χ1) is 11.0. The zero-order valence-electron chi connectivity index (χ0n) is 13.2. The summed E-state index contributed by atoms with van der Waals surface area (Å²) in [7, 11) is 0. The van der Waals surface area contributed by atoms with E-state index in [4.69, 9.17) is 4.74 Å². The number of nitrogens with zero attached hydrogens (tertiary/aromatic N) is 1. The summed E-state index contributed by atoms with van der Waals surface area (Å²) < 4.78 is 9.99. The van der Waals surface area contributed by atoms with Crippen LogP contribution in [0.3, 0.4) is 0 Å². The van der Waals surface area contributed by atoms with E-state index in [1.807, 2.05) is 6.92 Å². The van der Waals surface area contributed by atoms with Crippen molar-refractivity contribution in [1.82, 2.24) is 5.32 Å². The van der Waals surface area contributed by atoms with Crippen LogP contribution >= 0.6 is 0 Å². The van der Waals surface area contributed by atoms with Crippen molar-refractivity contribution in [1.29, 1.82) is 0 Å². The molecule has 1 aliphatic rings. The molecule has 0 aliphatic carbocycles. The van der Waals surface area contributed by atoms with E-state index in [1.165, 1.54) is 0 Å². The number of hydrogen-bond donors (Lipinski definition) is 1. The Labute approximate surface area is 134 Å². The molecule has 0 saturated carbocycles. The van der Waals surface area contributed by atoms with Crippen molar-refractivity contribution in [2.75, 3.05) is 24.7 Å². The van der Waals surface area contributed by atoms with E-state index < -0.39 is 17.9 Å². The average Bonchev–Trinajstić information content (AvgIpc) is 2.89. The summed E-state index contributed by atoms with van der Waals surface area (Å²) in [6.45, 7) is 4.54. The molecule has 7 heteroatoms. The number of ether oxygens (including phenoxy) is 2. The summed E-state index contributed by atoms with van der Waals surface area (Å²) in [5, 5.41) is 2.52. The van der Waals surface area contributed by atoms with Gasteiger partial charge in [-0.2, -0.15) is 0 Å². The molecule has 1 heterocycles. The van der Waals surface area contributed by atoms with E-state index in [2.05, 4.69) is 10.1 Å². The molecule has 1 N–H and O–H groups in total. The third-order valence-electron chi connectivity index (χ3n) is 3.38. The molecule has 1 saturated heterocycles. The van der Waals surface area contributed by atoms with Crippen LogP contribution in [0.25, 0.3) is 0 Å². The molecule has 23 heavy (non-hydrogen) atoms. The summed E-state index contributed by atoms with van der Waals surface area (Å²) in [4.78, 5) is 36.6. The highest BCUT2D eigenvalue weighted by Gasteiger charge is 2.33. The molecular weight excluding hydrogens is 300 g/mol. The fourth-order valence-corrected chi connectivity index (χ4v) is 2.38. The number of hydrogen-bond acceptors (Lipinski definition) is 5. The van der Waals surface area contributed by atoms with E-state index in [0.717, 1.165) is 11.4 Å². The Kier molecular flexibility index (Phi) is 5.56. The molecule has 1 aliphatic heterocycles. The van der Waals surface area contributed by atoms with Crippen LogP contribution in [0.15, 0.2) is 24.3 Å². The first-order valence-electron chi connectivity index (χ1n) is 7.56. The highest BCUT2D eigenvalue weighted by Crippen LogP contribution is 2.24. The zero-order valence-corrected chi connectivity index (χ0v) is 13.2. The Bertz CT molecular complexity index is 585. The Morgan fingerprint density at radius 3 is 2.52 bits per heavy atom. The largest absolute Gasteiger partial charge is 0.494 e. The maximum absolute atomic E-state index is 12.1. The minimum absolute atomic E-state index is 0.108. The predicted molar refractivity (Wildman–Crippen MR) is 83.1 cm³/mol. The number of amides is 2. The normalized spacial score (nSPS) is 17.0. The fraction of sp³-hybridized carbons (Fsp3) is 0.438. The quantitative estimate of drug-likeness (QED) is 0.643. The van der Waals surface area contributed by atoms with Gasteiger partial charge in [-0.3, -0.25) is 9.59 Å². The van der Waals surface area contributed by atoms with Crippen molar-refractivity contribution >= 4 is 23.5 Å². The van der Waals surface area contributed by atoms with Gasteiger partial charge in [0, 0.05) is 18.7 Å². The summed E-state index contributed by atoms with van der Waals surface area (Å²) in [6, 6.07) is 6.75. The predicted octanol–water partition coefficient (Wildman–Crippen LogP) is 0.870. The van der Waals surface area contributed by atoms with E-state index >= 15 is 0 Å². The Hall–Kier alpha value is -2.57. The number of anilines is 1. The first-order valence-corrected chi connectivity index (χ1v) is 7.56. The second-order valence-corrected chi connectivity index (χ2v) is 5.03. The third-order valence-corrected chi connectivity index (χ3v) is 3.38. The van der Waals surface area contributed by atoms with Crippen LogP contribution in [0.5, 0.6) is 5.75 Å². The Morgan fingerprint density at radius 2 is 1.91 bits per heavy atom. The van der Waals surface area contributed by atoms with Gasteiger partial charge in [-0.15, -0.1) is 0 Å². The number of nitrogens with one attached hydrogen (secondary N) is 1. The smallest absolute Gasteiger partial charge is 0.396 e. The lowest BCUT2D eigenvalue weighted by Crippen LogP contribution is -2.41. The van der Waals surface area contributed by atoms with Gasteiger partial charge in [0.05, 0.1) is 19.3 Å². The lowest BCUT2D eigenvalue weighted by molar-refractivity contribution is -0.154. The van der Waals surface area contributed by atoms with Crippen LogP contribution in [0.4, 0.5) is 5.69 Å². The molecule has 2 rings (SSSR count). The van der Waals surface area contributed by atoms with Crippen molar-refractivity contribution in [3.8, 4) is 5.75 Å². The van der Waals surface area contributed by atoms with Crippen LogP contribution in [-0.4, -0.2) is 43.6 Å². The molecule has 2 amide bonds. The molecule has 1 fully saturated rings. The summed E-state index contributed by atoms with van der Waals surface area (Å²) in [6.07, 6.45) is 0.151. The molecule has 0 spiro atoms. The average molecular weight is 320 g/mol. The first kappa shape index (κ1) is 16.8. The van der Waals surface area contributed by atoms with Gasteiger partial charge in [0.15, 0.2) is 0 Å². The second-order valence-electron chi connectivity index (χ2n) is 5.03. The molecule has 1 atom stereocenters. The Morgan fingerprint density at radius 1 is 1.22 bits per heavy atom. The number of carbonyl (C=O) groups excluding carboxylic acids is 3. The molecule has 124 valence electrons. The number of benzene rings is 1. The van der Waals surface area contributed by atoms with Crippen LogP contribution in [-0.2, 0) is 19.1 Å². The van der Waals surface area contributed by atoms with E-state index in [0.29, 0.717) is 13.2 Å². The van der Waals surface area contributed by atoms with Crippen molar-refractivity contribution < 1.29 is 23.9 Å². The molecule has 0 bridgehead atoms. The van der Waals surface area contributed by atoms with Gasteiger partial charge < -0.3 is 19.7 Å². The lowest BCUT2D eigenvalue weighted by atomic mass is 10.2. The second kappa shape index (κ2) is 7.62. The summed E-state index contributed by atoms with van der Waals surface area (Å²) in [5.41, 5.74) is 0.728. The highest BCUT2D eigenvalue weighted by atomic mass is 16.5. The maximum atomic E-state index is 12.1. The summed E-state index contributed by atoms with van der Waals surface area (Å²) in [5.74, 6) is -1.13. The maximum Gasteiger partial charge on any atom is 0.396 e. The van der Waals surface area contributed by atoms with Gasteiger partial charge in [0.25, 0.3) is 0 Å². The van der Waals surface area contributed by atoms with Crippen LogP contribution in [0.2, 0.25) is 0 Å². The number of carbonyl (C=O) groups is 3. The van der Waals surface area contributed by atoms with Crippen molar-refractivity contribution in [3.63, 3.8) is 0 Å². The van der Waals surface area contributed by atoms with Crippen LogP contribution in [0, 0.1) is 0 Å². The SMILES string of the molecule is CCOC(=O)C(=O)NC1CC(=O)N(c2ccc(OCC)cc2)C1. The Balaban J connectivity index is 1.96. The number of esters is 1.